The topological polar surface area (TPSA) is 34.9 Å². The van der Waals surface area contributed by atoms with E-state index in [9.17, 15) is 4.79 Å². The molecular weight excluding hydrogens is 248 g/mol. The van der Waals surface area contributed by atoms with Gasteiger partial charge in [0.2, 0.25) is 0 Å². The van der Waals surface area contributed by atoms with Crippen LogP contribution in [0.3, 0.4) is 0 Å². The van der Waals surface area contributed by atoms with Gasteiger partial charge in [-0.05, 0) is 38.5 Å². The Morgan fingerprint density at radius 2 is 1.90 bits per heavy atom. The van der Waals surface area contributed by atoms with Crippen molar-refractivity contribution in [3.63, 3.8) is 0 Å². The van der Waals surface area contributed by atoms with Crippen molar-refractivity contribution in [1.82, 2.24) is 9.78 Å². The van der Waals surface area contributed by atoms with Crippen molar-refractivity contribution in [3.8, 4) is 0 Å². The summed E-state index contributed by atoms with van der Waals surface area (Å²) in [7, 11) is 0. The van der Waals surface area contributed by atoms with Gasteiger partial charge in [-0.15, -0.1) is 0 Å². The molecule has 1 fully saturated rings. The Hall–Kier alpha value is -1.12. The molecule has 1 saturated carbocycles. The van der Waals surface area contributed by atoms with Gasteiger partial charge in [0.15, 0.2) is 5.78 Å². The van der Waals surface area contributed by atoms with Crippen LogP contribution in [0.1, 0.15) is 87.6 Å². The summed E-state index contributed by atoms with van der Waals surface area (Å²) in [6.45, 7) is 8.20. The van der Waals surface area contributed by atoms with Crippen LogP contribution in [0.4, 0.5) is 0 Å². The Morgan fingerprint density at radius 1 is 1.20 bits per heavy atom. The molecule has 2 atom stereocenters. The molecule has 1 aromatic heterocycles. The van der Waals surface area contributed by atoms with Gasteiger partial charge in [0.05, 0.1) is 17.3 Å². The van der Waals surface area contributed by atoms with Gasteiger partial charge in [0.25, 0.3) is 0 Å². The number of rotatable bonds is 5. The molecule has 0 aromatic carbocycles. The van der Waals surface area contributed by atoms with E-state index in [4.69, 9.17) is 5.10 Å². The van der Waals surface area contributed by atoms with E-state index in [2.05, 4.69) is 25.5 Å². The summed E-state index contributed by atoms with van der Waals surface area (Å²) >= 11 is 0. The fourth-order valence-corrected chi connectivity index (χ4v) is 3.77. The first-order valence-electron chi connectivity index (χ1n) is 8.25. The molecule has 0 amide bonds. The highest BCUT2D eigenvalue weighted by Crippen LogP contribution is 2.37. The van der Waals surface area contributed by atoms with Gasteiger partial charge in [-0.3, -0.25) is 9.48 Å². The van der Waals surface area contributed by atoms with E-state index in [1.54, 1.807) is 6.92 Å². The van der Waals surface area contributed by atoms with Gasteiger partial charge in [-0.2, -0.15) is 5.10 Å². The maximum Gasteiger partial charge on any atom is 0.163 e. The molecule has 1 aromatic rings. The van der Waals surface area contributed by atoms with Crippen molar-refractivity contribution in [2.75, 3.05) is 0 Å². The second-order valence-electron chi connectivity index (χ2n) is 6.00. The summed E-state index contributed by atoms with van der Waals surface area (Å²) in [5, 5.41) is 4.84. The van der Waals surface area contributed by atoms with Crippen LogP contribution < -0.4 is 0 Å². The Labute approximate surface area is 122 Å². The lowest BCUT2D eigenvalue weighted by atomic mass is 9.83. The van der Waals surface area contributed by atoms with E-state index in [1.165, 1.54) is 37.8 Å². The van der Waals surface area contributed by atoms with E-state index in [0.717, 1.165) is 30.0 Å². The molecule has 3 nitrogen and oxygen atoms in total. The first-order valence-corrected chi connectivity index (χ1v) is 8.25. The fourth-order valence-electron chi connectivity index (χ4n) is 3.77. The van der Waals surface area contributed by atoms with Crippen molar-refractivity contribution in [2.45, 2.75) is 78.7 Å². The number of carbonyl (C=O) groups is 1. The van der Waals surface area contributed by atoms with Gasteiger partial charge < -0.3 is 0 Å². The highest BCUT2D eigenvalue weighted by atomic mass is 16.1. The molecule has 112 valence electrons. The standard InChI is InChI=1S/C17H28N2O/c1-5-13-10-8-9-11-16(13)19-15(7-3)17(12(4)20)14(6-2)18-19/h13,16H,5-11H2,1-4H3. The third-order valence-electron chi connectivity index (χ3n) is 4.81. The summed E-state index contributed by atoms with van der Waals surface area (Å²) in [5.74, 6) is 0.896. The molecule has 0 saturated heterocycles. The molecule has 2 rings (SSSR count). The summed E-state index contributed by atoms with van der Waals surface area (Å²) in [5.41, 5.74) is 3.06. The van der Waals surface area contributed by atoms with Crippen LogP contribution >= 0.6 is 0 Å². The summed E-state index contributed by atoms with van der Waals surface area (Å²) in [6.07, 6.45) is 8.12. The maximum atomic E-state index is 12.0. The lowest BCUT2D eigenvalue weighted by Gasteiger charge is -2.32. The molecule has 1 aliphatic carbocycles. The Morgan fingerprint density at radius 3 is 2.45 bits per heavy atom. The molecule has 1 heterocycles. The Kier molecular flexibility index (Phi) is 5.00. The Balaban J connectivity index is 2.47. The van der Waals surface area contributed by atoms with Gasteiger partial charge >= 0.3 is 0 Å². The lowest BCUT2D eigenvalue weighted by molar-refractivity contribution is 0.101. The molecule has 0 radical (unpaired) electrons. The second-order valence-corrected chi connectivity index (χ2v) is 6.00. The Bertz CT molecular complexity index is 476. The number of aromatic nitrogens is 2. The quantitative estimate of drug-likeness (QED) is 0.749. The minimum absolute atomic E-state index is 0.175. The molecule has 2 unspecified atom stereocenters. The molecule has 1 aliphatic rings. The molecular formula is C17H28N2O. The third kappa shape index (κ3) is 2.68. The van der Waals surface area contributed by atoms with Crippen molar-refractivity contribution >= 4 is 5.78 Å². The first kappa shape index (κ1) is 15.3. The number of Topliss-reactive ketones (excluding diaryl/α,β-unsaturated/α-hetero) is 1. The van der Waals surface area contributed by atoms with Crippen LogP contribution in [0.2, 0.25) is 0 Å². The number of hydrogen-bond donors (Lipinski definition) is 0. The summed E-state index contributed by atoms with van der Waals surface area (Å²) < 4.78 is 2.23. The predicted octanol–water partition coefficient (Wildman–Crippen LogP) is 4.35. The van der Waals surface area contributed by atoms with Gasteiger partial charge in [-0.25, -0.2) is 0 Å². The zero-order valence-corrected chi connectivity index (χ0v) is 13.4. The minimum atomic E-state index is 0.175. The fraction of sp³-hybridized carbons (Fsp3) is 0.765. The molecule has 20 heavy (non-hydrogen) atoms. The maximum absolute atomic E-state index is 12.0. The predicted molar refractivity (Wildman–Crippen MR) is 82.3 cm³/mol. The van der Waals surface area contributed by atoms with Crippen molar-refractivity contribution < 1.29 is 4.79 Å². The third-order valence-corrected chi connectivity index (χ3v) is 4.81. The second kappa shape index (κ2) is 6.55. The highest BCUT2D eigenvalue weighted by molar-refractivity contribution is 5.96. The van der Waals surface area contributed by atoms with Crippen LogP contribution in [0, 0.1) is 5.92 Å². The molecule has 0 N–H and O–H groups in total. The summed E-state index contributed by atoms with van der Waals surface area (Å²) in [4.78, 5) is 12.0. The SMILES string of the molecule is CCc1nn(C2CCCCC2CC)c(CC)c1C(C)=O. The summed E-state index contributed by atoms with van der Waals surface area (Å²) in [6, 6.07) is 0.502. The van der Waals surface area contributed by atoms with Crippen molar-refractivity contribution in [3.05, 3.63) is 17.0 Å². The molecule has 3 heteroatoms. The average Bonchev–Trinajstić information content (AvgIpc) is 2.85. The first-order chi connectivity index (χ1) is 9.63. The number of ketones is 1. The normalized spacial score (nSPS) is 23.0. The number of aryl methyl sites for hydroxylation is 1. The minimum Gasteiger partial charge on any atom is -0.294 e. The molecule has 0 spiro atoms. The van der Waals surface area contributed by atoms with Crippen LogP contribution in [0.5, 0.6) is 0 Å². The highest BCUT2D eigenvalue weighted by Gasteiger charge is 2.30. The van der Waals surface area contributed by atoms with Crippen LogP contribution in [0.25, 0.3) is 0 Å². The number of hydrogen-bond acceptors (Lipinski definition) is 2. The zero-order valence-electron chi connectivity index (χ0n) is 13.4. The largest absolute Gasteiger partial charge is 0.294 e. The number of nitrogens with zero attached hydrogens (tertiary/aromatic N) is 2. The molecule has 0 bridgehead atoms. The lowest BCUT2D eigenvalue weighted by Crippen LogP contribution is -2.25. The van der Waals surface area contributed by atoms with Crippen molar-refractivity contribution in [1.29, 1.82) is 0 Å². The molecule has 0 aliphatic heterocycles. The van der Waals surface area contributed by atoms with E-state index in [0.29, 0.717) is 6.04 Å². The number of carbonyl (C=O) groups excluding carboxylic acids is 1. The van der Waals surface area contributed by atoms with E-state index < -0.39 is 0 Å². The van der Waals surface area contributed by atoms with Crippen LogP contribution in [-0.2, 0) is 12.8 Å². The monoisotopic (exact) mass is 276 g/mol. The van der Waals surface area contributed by atoms with Crippen LogP contribution in [-0.4, -0.2) is 15.6 Å². The van der Waals surface area contributed by atoms with Crippen molar-refractivity contribution in [2.24, 2.45) is 5.92 Å². The smallest absolute Gasteiger partial charge is 0.163 e. The average molecular weight is 276 g/mol. The van der Waals surface area contributed by atoms with E-state index in [-0.39, 0.29) is 5.78 Å². The zero-order chi connectivity index (χ0) is 14.7. The van der Waals surface area contributed by atoms with Gasteiger partial charge in [0.1, 0.15) is 0 Å². The van der Waals surface area contributed by atoms with Crippen LogP contribution in [0.15, 0.2) is 0 Å². The van der Waals surface area contributed by atoms with Gasteiger partial charge in [0, 0.05) is 5.69 Å². The van der Waals surface area contributed by atoms with E-state index >= 15 is 0 Å². The van der Waals surface area contributed by atoms with E-state index in [1.807, 2.05) is 0 Å². The van der Waals surface area contributed by atoms with Gasteiger partial charge in [-0.1, -0.05) is 40.0 Å².